The van der Waals surface area contributed by atoms with Crippen LogP contribution in [0.25, 0.3) is 0 Å². The summed E-state index contributed by atoms with van der Waals surface area (Å²) in [5, 5.41) is 12.8. The van der Waals surface area contributed by atoms with E-state index in [0.29, 0.717) is 0 Å². The van der Waals surface area contributed by atoms with Crippen LogP contribution in [0.1, 0.15) is 18.1 Å². The molecule has 0 saturated carbocycles. The largest absolute Gasteiger partial charge is 0.481 e. The fraction of sp³-hybridized carbons (Fsp3) is 0.125. The monoisotopic (exact) mass is 271 g/mol. The van der Waals surface area contributed by atoms with Gasteiger partial charge in [0, 0.05) is 6.92 Å². The summed E-state index contributed by atoms with van der Waals surface area (Å²) >= 11 is 0. The van der Waals surface area contributed by atoms with E-state index in [9.17, 15) is 0 Å². The molecule has 0 aliphatic heterocycles. The Bertz CT molecular complexity index is 476. The number of nitrogens with one attached hydrogen (secondary N) is 1. The Kier molecular flexibility index (Phi) is 9.84. The van der Waals surface area contributed by atoms with Crippen molar-refractivity contribution in [3.63, 3.8) is 0 Å². The minimum atomic E-state index is -0.833. The number of hydrogen-bond donors (Lipinski definition) is 2. The van der Waals surface area contributed by atoms with Gasteiger partial charge in [0.05, 0.1) is 0 Å². The number of carboxylic acids is 1. The minimum Gasteiger partial charge on any atom is -0.481 e. The van der Waals surface area contributed by atoms with Gasteiger partial charge >= 0.3 is 0 Å². The van der Waals surface area contributed by atoms with E-state index in [2.05, 4.69) is 60.7 Å². The molecule has 0 heterocycles. The second kappa shape index (κ2) is 11.4. The lowest BCUT2D eigenvalue weighted by Gasteiger charge is -2.00. The van der Waals surface area contributed by atoms with Gasteiger partial charge in [-0.15, -0.1) is 0 Å². The van der Waals surface area contributed by atoms with Crippen LogP contribution in [0.2, 0.25) is 0 Å². The third kappa shape index (κ3) is 10.4. The normalized spacial score (nSPS) is 8.05. The van der Waals surface area contributed by atoms with Gasteiger partial charge in [0.2, 0.25) is 6.08 Å². The molecule has 2 aromatic carbocycles. The summed E-state index contributed by atoms with van der Waals surface area (Å²) in [4.78, 5) is 17.3. The van der Waals surface area contributed by atoms with Gasteiger partial charge in [-0.1, -0.05) is 60.7 Å². The molecule has 0 aliphatic carbocycles. The van der Waals surface area contributed by atoms with E-state index in [0.717, 1.165) is 19.4 Å². The van der Waals surface area contributed by atoms with Crippen molar-refractivity contribution in [2.45, 2.75) is 13.3 Å². The molecular formula is C16H17NO3. The average molecular weight is 271 g/mol. The van der Waals surface area contributed by atoms with Crippen molar-refractivity contribution in [3.8, 4) is 0 Å². The average Bonchev–Trinajstić information content (AvgIpc) is 2.41. The molecule has 0 unspecified atom stereocenters. The van der Waals surface area contributed by atoms with Crippen LogP contribution < -0.4 is 0 Å². The molecule has 0 saturated heterocycles. The van der Waals surface area contributed by atoms with Gasteiger partial charge in [-0.3, -0.25) is 4.79 Å². The van der Waals surface area contributed by atoms with E-state index < -0.39 is 5.97 Å². The molecule has 0 aromatic heterocycles. The van der Waals surface area contributed by atoms with Crippen LogP contribution in [0.3, 0.4) is 0 Å². The quantitative estimate of drug-likeness (QED) is 0.650. The van der Waals surface area contributed by atoms with E-state index in [1.807, 2.05) is 0 Å². The van der Waals surface area contributed by atoms with E-state index >= 15 is 0 Å². The number of carbonyl (C=O) groups excluding carboxylic acids is 1. The lowest BCUT2D eigenvalue weighted by molar-refractivity contribution is -0.134. The zero-order valence-corrected chi connectivity index (χ0v) is 11.2. The van der Waals surface area contributed by atoms with Crippen LogP contribution in [0, 0.1) is 5.41 Å². The van der Waals surface area contributed by atoms with Crippen LogP contribution in [-0.4, -0.2) is 17.2 Å². The first kappa shape index (κ1) is 17.3. The van der Waals surface area contributed by atoms with Gasteiger partial charge in [0.25, 0.3) is 5.97 Å². The number of aliphatic carboxylic acids is 1. The van der Waals surface area contributed by atoms with Crippen LogP contribution >= 0.6 is 0 Å². The standard InChI is InChI=1S/C13H12.C2H4O2.CHNO/c1-3-7-12(8-4-1)11-13-9-5-2-6-10-13;1-2(3)4;2-1-3/h1-10H,11H2;1H3,(H,3,4);2H. The molecule has 2 rings (SSSR count). The smallest absolute Gasteiger partial charge is 0.300 e. The Morgan fingerprint density at radius 1 is 1.00 bits per heavy atom. The Morgan fingerprint density at radius 3 is 1.50 bits per heavy atom. The number of carboxylic acid groups (broad SMARTS) is 1. The van der Waals surface area contributed by atoms with Gasteiger partial charge in [-0.25, -0.2) is 10.2 Å². The maximum Gasteiger partial charge on any atom is 0.300 e. The van der Waals surface area contributed by atoms with Crippen molar-refractivity contribution < 1.29 is 14.7 Å². The Balaban J connectivity index is 0.000000438. The first-order chi connectivity index (χ1) is 9.60. The molecular weight excluding hydrogens is 254 g/mol. The molecule has 20 heavy (non-hydrogen) atoms. The molecule has 0 radical (unpaired) electrons. The zero-order chi connectivity index (χ0) is 15.2. The Hall–Kier alpha value is -2.71. The second-order valence-electron chi connectivity index (χ2n) is 3.77. The molecule has 0 spiro atoms. The highest BCUT2D eigenvalue weighted by atomic mass is 16.4. The molecule has 0 aliphatic rings. The summed E-state index contributed by atoms with van der Waals surface area (Å²) in [6.45, 7) is 1.08. The Labute approximate surface area is 118 Å². The molecule has 0 fully saturated rings. The van der Waals surface area contributed by atoms with Crippen LogP contribution in [-0.2, 0) is 16.0 Å². The van der Waals surface area contributed by atoms with Crippen molar-refractivity contribution >= 4 is 12.0 Å². The lowest BCUT2D eigenvalue weighted by Crippen LogP contribution is -1.85. The van der Waals surface area contributed by atoms with Gasteiger partial charge < -0.3 is 5.11 Å². The van der Waals surface area contributed by atoms with Crippen LogP contribution in [0.4, 0.5) is 0 Å². The predicted octanol–water partition coefficient (Wildman–Crippen LogP) is 3.27. The van der Waals surface area contributed by atoms with E-state index in [1.165, 1.54) is 11.1 Å². The van der Waals surface area contributed by atoms with E-state index in [1.54, 1.807) is 0 Å². The second-order valence-corrected chi connectivity index (χ2v) is 3.77. The third-order valence-corrected chi connectivity index (χ3v) is 2.09. The summed E-state index contributed by atoms with van der Waals surface area (Å²) in [7, 11) is 0. The first-order valence-electron chi connectivity index (χ1n) is 5.91. The van der Waals surface area contributed by atoms with Gasteiger partial charge in [0.1, 0.15) is 0 Å². The number of benzene rings is 2. The molecule has 2 aromatic rings. The molecule has 4 nitrogen and oxygen atoms in total. The maximum atomic E-state index is 9.00. The predicted molar refractivity (Wildman–Crippen MR) is 77.4 cm³/mol. The summed E-state index contributed by atoms with van der Waals surface area (Å²) in [6.07, 6.45) is 1.78. The molecule has 0 bridgehead atoms. The molecule has 104 valence electrons. The number of rotatable bonds is 2. The zero-order valence-electron chi connectivity index (χ0n) is 11.2. The summed E-state index contributed by atoms with van der Waals surface area (Å²) in [5.74, 6) is -0.833. The van der Waals surface area contributed by atoms with Crippen molar-refractivity contribution in [2.24, 2.45) is 0 Å². The number of carbonyl (C=O) groups is 1. The SMILES string of the molecule is CC(=O)O.N=C=O.c1ccc(Cc2ccccc2)cc1. The van der Waals surface area contributed by atoms with Gasteiger partial charge in [0.15, 0.2) is 0 Å². The summed E-state index contributed by atoms with van der Waals surface area (Å²) in [5.41, 5.74) is 2.74. The number of isocyanates is 1. The van der Waals surface area contributed by atoms with Crippen molar-refractivity contribution in [3.05, 3.63) is 71.8 Å². The molecule has 0 atom stereocenters. The first-order valence-corrected chi connectivity index (χ1v) is 5.91. The van der Waals surface area contributed by atoms with E-state index in [4.69, 9.17) is 20.1 Å². The number of hydrogen-bond acceptors (Lipinski definition) is 3. The molecule has 0 amide bonds. The molecule has 4 heteroatoms. The van der Waals surface area contributed by atoms with Gasteiger partial charge in [-0.2, -0.15) is 0 Å². The molecule has 2 N–H and O–H groups in total. The van der Waals surface area contributed by atoms with Gasteiger partial charge in [-0.05, 0) is 17.5 Å². The highest BCUT2D eigenvalue weighted by Crippen LogP contribution is 2.07. The highest BCUT2D eigenvalue weighted by Gasteiger charge is 1.92. The highest BCUT2D eigenvalue weighted by molar-refractivity contribution is 5.62. The summed E-state index contributed by atoms with van der Waals surface area (Å²) < 4.78 is 0. The minimum absolute atomic E-state index is 0.750. The van der Waals surface area contributed by atoms with Crippen LogP contribution in [0.5, 0.6) is 0 Å². The van der Waals surface area contributed by atoms with Crippen molar-refractivity contribution in [1.29, 1.82) is 5.41 Å². The lowest BCUT2D eigenvalue weighted by atomic mass is 10.1. The van der Waals surface area contributed by atoms with E-state index in [-0.39, 0.29) is 0 Å². The summed E-state index contributed by atoms with van der Waals surface area (Å²) in [6, 6.07) is 21.1. The third-order valence-electron chi connectivity index (χ3n) is 2.09. The van der Waals surface area contributed by atoms with Crippen LogP contribution in [0.15, 0.2) is 60.7 Å². The fourth-order valence-corrected chi connectivity index (χ4v) is 1.43. The van der Waals surface area contributed by atoms with Crippen molar-refractivity contribution in [1.82, 2.24) is 0 Å². The fourth-order valence-electron chi connectivity index (χ4n) is 1.43. The van der Waals surface area contributed by atoms with Crippen molar-refractivity contribution in [2.75, 3.05) is 0 Å². The Morgan fingerprint density at radius 2 is 1.25 bits per heavy atom. The maximum absolute atomic E-state index is 9.00. The topological polar surface area (TPSA) is 78.2 Å².